The van der Waals surface area contributed by atoms with Crippen molar-refractivity contribution in [1.29, 1.82) is 0 Å². The van der Waals surface area contributed by atoms with Crippen molar-refractivity contribution in [1.82, 2.24) is 5.32 Å². The minimum Gasteiger partial charge on any atom is -0.435 e. The Hall–Kier alpha value is -1.65. The molecule has 1 atom stereocenters. The Morgan fingerprint density at radius 3 is 2.39 bits per heavy atom. The summed E-state index contributed by atoms with van der Waals surface area (Å²) in [6.45, 7) is 1.08. The lowest BCUT2D eigenvalue weighted by Gasteiger charge is -2.26. The van der Waals surface area contributed by atoms with Crippen LogP contribution in [0.4, 0.5) is 8.78 Å². The highest BCUT2D eigenvalue weighted by Gasteiger charge is 2.39. The molecular formula is C13H15F2NO2. The maximum atomic E-state index is 12.0. The Labute approximate surface area is 104 Å². The molecule has 1 fully saturated rings. The molecule has 0 radical (unpaired) electrons. The van der Waals surface area contributed by atoms with Crippen molar-refractivity contribution >= 4 is 5.91 Å². The summed E-state index contributed by atoms with van der Waals surface area (Å²) in [6, 6.07) is 6.45. The van der Waals surface area contributed by atoms with Crippen molar-refractivity contribution in [3.63, 3.8) is 0 Å². The van der Waals surface area contributed by atoms with Gasteiger partial charge in [-0.25, -0.2) is 0 Å². The Morgan fingerprint density at radius 2 is 1.94 bits per heavy atom. The number of carbonyl (C=O) groups excluding carboxylic acids is 1. The van der Waals surface area contributed by atoms with Gasteiger partial charge in [0.15, 0.2) is 0 Å². The topological polar surface area (TPSA) is 38.3 Å². The molecule has 98 valence electrons. The summed E-state index contributed by atoms with van der Waals surface area (Å²) in [7, 11) is 0. The fraction of sp³-hybridized carbons (Fsp3) is 0.462. The van der Waals surface area contributed by atoms with Gasteiger partial charge >= 0.3 is 6.61 Å². The van der Waals surface area contributed by atoms with Crippen LogP contribution in [0.15, 0.2) is 24.3 Å². The Morgan fingerprint density at radius 1 is 1.33 bits per heavy atom. The number of ether oxygens (including phenoxy) is 1. The molecule has 0 aliphatic carbocycles. The van der Waals surface area contributed by atoms with Gasteiger partial charge in [-0.15, -0.1) is 0 Å². The zero-order chi connectivity index (χ0) is 13.3. The van der Waals surface area contributed by atoms with Gasteiger partial charge < -0.3 is 10.1 Å². The van der Waals surface area contributed by atoms with Crippen LogP contribution in [0.1, 0.15) is 31.7 Å². The molecule has 3 nitrogen and oxygen atoms in total. The normalized spacial score (nSPS) is 22.1. The molecule has 18 heavy (non-hydrogen) atoms. The van der Waals surface area contributed by atoms with Crippen LogP contribution in [-0.4, -0.2) is 18.1 Å². The molecule has 0 aromatic heterocycles. The maximum absolute atomic E-state index is 12.0. The predicted molar refractivity (Wildman–Crippen MR) is 62.7 cm³/mol. The first-order valence-corrected chi connectivity index (χ1v) is 5.74. The Bertz CT molecular complexity index is 443. The van der Waals surface area contributed by atoms with E-state index in [-0.39, 0.29) is 23.1 Å². The van der Waals surface area contributed by atoms with Crippen LogP contribution in [0, 0.1) is 0 Å². The van der Waals surface area contributed by atoms with E-state index in [2.05, 4.69) is 10.1 Å². The largest absolute Gasteiger partial charge is 0.435 e. The van der Waals surface area contributed by atoms with Crippen LogP contribution in [0.2, 0.25) is 0 Å². The molecule has 1 aromatic rings. The molecule has 0 spiro atoms. The molecule has 1 aliphatic rings. The van der Waals surface area contributed by atoms with Gasteiger partial charge in [-0.2, -0.15) is 8.78 Å². The van der Waals surface area contributed by atoms with E-state index >= 15 is 0 Å². The summed E-state index contributed by atoms with van der Waals surface area (Å²) in [4.78, 5) is 11.4. The highest BCUT2D eigenvalue weighted by atomic mass is 19.3. The molecule has 0 bridgehead atoms. The molecule has 1 unspecified atom stereocenters. The van der Waals surface area contributed by atoms with Gasteiger partial charge in [0, 0.05) is 17.9 Å². The van der Waals surface area contributed by atoms with Crippen LogP contribution in [0.5, 0.6) is 5.75 Å². The van der Waals surface area contributed by atoms with Gasteiger partial charge in [-0.05, 0) is 31.5 Å². The lowest BCUT2D eigenvalue weighted by atomic mass is 9.83. The Balaban J connectivity index is 2.17. The number of carbonyl (C=O) groups is 1. The average molecular weight is 255 g/mol. The summed E-state index contributed by atoms with van der Waals surface area (Å²) in [5.74, 6) is 0.187. The van der Waals surface area contributed by atoms with Crippen molar-refractivity contribution < 1.29 is 18.3 Å². The first kappa shape index (κ1) is 12.8. The van der Waals surface area contributed by atoms with Crippen LogP contribution in [0.3, 0.4) is 0 Å². The third-order valence-corrected chi connectivity index (χ3v) is 3.23. The van der Waals surface area contributed by atoms with E-state index in [9.17, 15) is 13.6 Å². The average Bonchev–Trinajstić information content (AvgIpc) is 2.52. The molecule has 0 saturated carbocycles. The second kappa shape index (κ2) is 4.55. The first-order valence-electron chi connectivity index (χ1n) is 5.74. The molecule has 2 rings (SSSR count). The SMILES string of the molecule is CC1(C)NC(=O)CC1c1ccc(OC(F)F)cc1. The van der Waals surface area contributed by atoms with Crippen LogP contribution in [-0.2, 0) is 4.79 Å². The highest BCUT2D eigenvalue weighted by molar-refractivity contribution is 5.81. The van der Waals surface area contributed by atoms with Gasteiger partial charge in [0.25, 0.3) is 0 Å². The number of benzene rings is 1. The number of nitrogens with one attached hydrogen (secondary N) is 1. The van der Waals surface area contributed by atoms with E-state index in [1.807, 2.05) is 13.8 Å². The molecule has 1 aliphatic heterocycles. The van der Waals surface area contributed by atoms with E-state index in [4.69, 9.17) is 0 Å². The lowest BCUT2D eigenvalue weighted by molar-refractivity contribution is -0.119. The van der Waals surface area contributed by atoms with E-state index in [1.165, 1.54) is 12.1 Å². The minimum atomic E-state index is -2.82. The van der Waals surface area contributed by atoms with Gasteiger partial charge in [0.05, 0.1) is 0 Å². The fourth-order valence-electron chi connectivity index (χ4n) is 2.35. The predicted octanol–water partition coefficient (Wildman–Crippen LogP) is 2.67. The van der Waals surface area contributed by atoms with Crippen molar-refractivity contribution in [3.05, 3.63) is 29.8 Å². The number of rotatable bonds is 3. The zero-order valence-electron chi connectivity index (χ0n) is 10.2. The molecule has 1 amide bonds. The van der Waals surface area contributed by atoms with Crippen LogP contribution in [0.25, 0.3) is 0 Å². The number of alkyl halides is 2. The van der Waals surface area contributed by atoms with Crippen molar-refractivity contribution in [2.75, 3.05) is 0 Å². The van der Waals surface area contributed by atoms with Gasteiger partial charge in [-0.1, -0.05) is 12.1 Å². The van der Waals surface area contributed by atoms with Crippen molar-refractivity contribution in [2.24, 2.45) is 0 Å². The van der Waals surface area contributed by atoms with E-state index < -0.39 is 6.61 Å². The van der Waals surface area contributed by atoms with E-state index in [0.717, 1.165) is 5.56 Å². The molecule has 1 aromatic carbocycles. The molecule has 1 saturated heterocycles. The number of amides is 1. The summed E-state index contributed by atoms with van der Waals surface area (Å²) in [6.07, 6.45) is 0.419. The zero-order valence-corrected chi connectivity index (χ0v) is 10.2. The third-order valence-electron chi connectivity index (χ3n) is 3.23. The van der Waals surface area contributed by atoms with Crippen molar-refractivity contribution in [3.8, 4) is 5.75 Å². The smallest absolute Gasteiger partial charge is 0.387 e. The molecule has 1 N–H and O–H groups in total. The maximum Gasteiger partial charge on any atom is 0.387 e. The second-order valence-electron chi connectivity index (χ2n) is 4.97. The van der Waals surface area contributed by atoms with Crippen molar-refractivity contribution in [2.45, 2.75) is 38.3 Å². The first-order chi connectivity index (χ1) is 8.38. The summed E-state index contributed by atoms with van der Waals surface area (Å²) < 4.78 is 28.3. The quantitative estimate of drug-likeness (QED) is 0.901. The number of hydrogen-bond donors (Lipinski definition) is 1. The van der Waals surface area contributed by atoms with Crippen LogP contribution < -0.4 is 10.1 Å². The summed E-state index contributed by atoms with van der Waals surface area (Å²) >= 11 is 0. The third kappa shape index (κ3) is 2.60. The van der Waals surface area contributed by atoms with Gasteiger partial charge in [0.1, 0.15) is 5.75 Å². The molecule has 1 heterocycles. The highest BCUT2D eigenvalue weighted by Crippen LogP contribution is 2.36. The van der Waals surface area contributed by atoms with E-state index in [0.29, 0.717) is 6.42 Å². The number of hydrogen-bond acceptors (Lipinski definition) is 2. The minimum absolute atomic E-state index is 0.0120. The monoisotopic (exact) mass is 255 g/mol. The lowest BCUT2D eigenvalue weighted by Crippen LogP contribution is -2.38. The Kier molecular flexibility index (Phi) is 3.24. The van der Waals surface area contributed by atoms with Gasteiger partial charge in [-0.3, -0.25) is 4.79 Å². The summed E-state index contributed by atoms with van der Waals surface area (Å²) in [5, 5.41) is 2.90. The van der Waals surface area contributed by atoms with Crippen LogP contribution >= 0.6 is 0 Å². The second-order valence-corrected chi connectivity index (χ2v) is 4.97. The standard InChI is InChI=1S/C13H15F2NO2/c1-13(2)10(7-11(17)16-13)8-3-5-9(6-4-8)18-12(14)15/h3-6,10,12H,7H2,1-2H3,(H,16,17). The fourth-order valence-corrected chi connectivity index (χ4v) is 2.35. The molecule has 5 heteroatoms. The summed E-state index contributed by atoms with van der Waals surface area (Å²) in [5.41, 5.74) is 0.627. The molecular weight excluding hydrogens is 240 g/mol. The van der Waals surface area contributed by atoms with E-state index in [1.54, 1.807) is 12.1 Å². The number of halogens is 2. The van der Waals surface area contributed by atoms with Gasteiger partial charge in [0.2, 0.25) is 5.91 Å².